The first kappa shape index (κ1) is 12.9. The van der Waals surface area contributed by atoms with Gasteiger partial charge in [-0.1, -0.05) is 0 Å². The summed E-state index contributed by atoms with van der Waals surface area (Å²) in [5.41, 5.74) is 10.6. The number of carbonyl (C=O) groups is 1. The summed E-state index contributed by atoms with van der Waals surface area (Å²) in [5.74, 6) is 0. The highest BCUT2D eigenvalue weighted by atomic mass is 35.5. The van der Waals surface area contributed by atoms with Gasteiger partial charge in [0.2, 0.25) is 6.41 Å². The van der Waals surface area contributed by atoms with E-state index in [1.54, 1.807) is 0 Å². The smallest absolute Gasteiger partial charge is 0.211 e. The lowest BCUT2D eigenvalue weighted by Crippen LogP contribution is -2.27. The van der Waals surface area contributed by atoms with Crippen molar-refractivity contribution in [3.05, 3.63) is 29.5 Å². The third-order valence-electron chi connectivity index (χ3n) is 3.45. The Bertz CT molecular complexity index is 579. The Hall–Kier alpha value is -1.52. The van der Waals surface area contributed by atoms with E-state index in [0.29, 0.717) is 6.41 Å². The number of H-pyrrole nitrogens is 1. The van der Waals surface area contributed by atoms with Gasteiger partial charge in [0, 0.05) is 28.3 Å². The fraction of sp³-hybridized carbons (Fsp3) is 0.308. The summed E-state index contributed by atoms with van der Waals surface area (Å²) in [6.45, 7) is 0. The molecule has 0 aliphatic heterocycles. The molecule has 1 aromatic carbocycles. The zero-order chi connectivity index (χ0) is 11.8. The largest absolute Gasteiger partial charge is 0.358 e. The average Bonchev–Trinajstić information content (AvgIpc) is 2.67. The van der Waals surface area contributed by atoms with Crippen LogP contribution in [0.3, 0.4) is 0 Å². The fourth-order valence-corrected chi connectivity index (χ4v) is 2.60. The van der Waals surface area contributed by atoms with Crippen molar-refractivity contribution >= 4 is 35.4 Å². The van der Waals surface area contributed by atoms with E-state index in [0.717, 1.165) is 30.5 Å². The van der Waals surface area contributed by atoms with Gasteiger partial charge in [0.1, 0.15) is 0 Å². The third kappa shape index (κ3) is 2.09. The van der Waals surface area contributed by atoms with Gasteiger partial charge in [0.25, 0.3) is 0 Å². The van der Waals surface area contributed by atoms with Gasteiger partial charge in [0.15, 0.2) is 0 Å². The number of benzene rings is 1. The molecule has 4 N–H and O–H groups in total. The van der Waals surface area contributed by atoms with E-state index < -0.39 is 0 Å². The number of fused-ring (bicyclic) bond motifs is 3. The Kier molecular flexibility index (Phi) is 3.59. The van der Waals surface area contributed by atoms with Crippen molar-refractivity contribution in [2.24, 2.45) is 5.73 Å². The summed E-state index contributed by atoms with van der Waals surface area (Å²) in [5, 5.41) is 3.86. The number of halogens is 1. The van der Waals surface area contributed by atoms with Gasteiger partial charge in [-0.2, -0.15) is 0 Å². The number of rotatable bonds is 2. The van der Waals surface area contributed by atoms with Crippen LogP contribution in [0.1, 0.15) is 17.7 Å². The molecule has 3 rings (SSSR count). The minimum atomic E-state index is 0. The number of nitrogens with one attached hydrogen (secondary N) is 2. The van der Waals surface area contributed by atoms with Gasteiger partial charge in [-0.05, 0) is 43.0 Å². The van der Waals surface area contributed by atoms with Crippen molar-refractivity contribution in [3.63, 3.8) is 0 Å². The predicted molar refractivity (Wildman–Crippen MR) is 75.2 cm³/mol. The lowest BCUT2D eigenvalue weighted by atomic mass is 9.92. The SMILES string of the molecule is Cl.NC1CCc2[nH]c3ccc(NC=O)cc3c2C1. The van der Waals surface area contributed by atoms with Gasteiger partial charge in [-0.15, -0.1) is 12.4 Å². The number of nitrogens with two attached hydrogens (primary N) is 1. The Labute approximate surface area is 111 Å². The van der Waals surface area contributed by atoms with E-state index in [2.05, 4.69) is 10.3 Å². The lowest BCUT2D eigenvalue weighted by Gasteiger charge is -2.18. The molecule has 1 aromatic heterocycles. The van der Waals surface area contributed by atoms with Crippen LogP contribution in [0.2, 0.25) is 0 Å². The van der Waals surface area contributed by atoms with Crippen molar-refractivity contribution in [2.45, 2.75) is 25.3 Å². The number of hydrogen-bond donors (Lipinski definition) is 3. The number of anilines is 1. The number of aromatic nitrogens is 1. The zero-order valence-corrected chi connectivity index (χ0v) is 10.7. The quantitative estimate of drug-likeness (QED) is 0.727. The molecule has 1 amide bonds. The number of aromatic amines is 1. The minimum Gasteiger partial charge on any atom is -0.358 e. The minimum absolute atomic E-state index is 0. The summed E-state index contributed by atoms with van der Waals surface area (Å²) < 4.78 is 0. The number of amides is 1. The van der Waals surface area contributed by atoms with E-state index >= 15 is 0 Å². The molecule has 2 aromatic rings. The summed E-state index contributed by atoms with van der Waals surface area (Å²) >= 11 is 0. The Morgan fingerprint density at radius 1 is 1.44 bits per heavy atom. The summed E-state index contributed by atoms with van der Waals surface area (Å²) in [6, 6.07) is 6.17. The fourth-order valence-electron chi connectivity index (χ4n) is 2.60. The summed E-state index contributed by atoms with van der Waals surface area (Å²) in [4.78, 5) is 13.9. The van der Waals surface area contributed by atoms with Crippen LogP contribution in [0.5, 0.6) is 0 Å². The highest BCUT2D eigenvalue weighted by molar-refractivity contribution is 5.89. The molecular formula is C13H16ClN3O. The van der Waals surface area contributed by atoms with Gasteiger partial charge in [-0.3, -0.25) is 4.79 Å². The predicted octanol–water partition coefficient (Wildman–Crippen LogP) is 1.97. The van der Waals surface area contributed by atoms with Gasteiger partial charge >= 0.3 is 0 Å². The van der Waals surface area contributed by atoms with Crippen LogP contribution in [0.15, 0.2) is 18.2 Å². The van der Waals surface area contributed by atoms with Crippen molar-refractivity contribution in [1.29, 1.82) is 0 Å². The maximum absolute atomic E-state index is 10.5. The summed E-state index contributed by atoms with van der Waals surface area (Å²) in [6.07, 6.45) is 3.67. The maximum Gasteiger partial charge on any atom is 0.211 e. The second kappa shape index (κ2) is 5.00. The Morgan fingerprint density at radius 3 is 3.06 bits per heavy atom. The van der Waals surface area contributed by atoms with E-state index in [1.807, 2.05) is 18.2 Å². The molecule has 0 saturated heterocycles. The topological polar surface area (TPSA) is 70.9 Å². The van der Waals surface area contributed by atoms with Crippen LogP contribution in [-0.4, -0.2) is 17.4 Å². The molecule has 1 heterocycles. The molecule has 18 heavy (non-hydrogen) atoms. The number of aryl methyl sites for hydroxylation is 1. The van der Waals surface area contributed by atoms with E-state index in [4.69, 9.17) is 5.73 Å². The molecular weight excluding hydrogens is 250 g/mol. The van der Waals surface area contributed by atoms with E-state index in [9.17, 15) is 4.79 Å². The molecule has 0 bridgehead atoms. The third-order valence-corrected chi connectivity index (χ3v) is 3.45. The Balaban J connectivity index is 0.00000120. The second-order valence-corrected chi connectivity index (χ2v) is 4.61. The van der Waals surface area contributed by atoms with Crippen LogP contribution in [0.25, 0.3) is 10.9 Å². The van der Waals surface area contributed by atoms with Crippen LogP contribution < -0.4 is 11.1 Å². The molecule has 1 unspecified atom stereocenters. The van der Waals surface area contributed by atoms with Crippen LogP contribution in [0.4, 0.5) is 5.69 Å². The standard InChI is InChI=1S/C13H15N3O.ClH/c14-8-1-3-12-10(5-8)11-6-9(15-7-17)2-4-13(11)16-12;/h2,4,6-8,16H,1,3,5,14H2,(H,15,17);1H. The van der Waals surface area contributed by atoms with Crippen LogP contribution in [0, 0.1) is 0 Å². The maximum atomic E-state index is 10.5. The van der Waals surface area contributed by atoms with Gasteiger partial charge in [-0.25, -0.2) is 0 Å². The van der Waals surface area contributed by atoms with Gasteiger partial charge < -0.3 is 16.0 Å². The second-order valence-electron chi connectivity index (χ2n) is 4.61. The molecule has 0 saturated carbocycles. The molecule has 1 atom stereocenters. The summed E-state index contributed by atoms with van der Waals surface area (Å²) in [7, 11) is 0. The highest BCUT2D eigenvalue weighted by Gasteiger charge is 2.19. The molecule has 4 nitrogen and oxygen atoms in total. The van der Waals surface area contributed by atoms with Crippen LogP contribution in [-0.2, 0) is 17.6 Å². The van der Waals surface area contributed by atoms with Crippen LogP contribution >= 0.6 is 12.4 Å². The van der Waals surface area contributed by atoms with Crippen molar-refractivity contribution in [2.75, 3.05) is 5.32 Å². The zero-order valence-electron chi connectivity index (χ0n) is 9.90. The first-order valence-corrected chi connectivity index (χ1v) is 5.87. The average molecular weight is 266 g/mol. The molecule has 0 radical (unpaired) electrons. The molecule has 0 fully saturated rings. The molecule has 96 valence electrons. The normalized spacial score (nSPS) is 17.9. The number of carbonyl (C=O) groups excluding carboxylic acids is 1. The number of hydrogen-bond acceptors (Lipinski definition) is 2. The molecule has 0 spiro atoms. The molecule has 1 aliphatic carbocycles. The highest BCUT2D eigenvalue weighted by Crippen LogP contribution is 2.30. The van der Waals surface area contributed by atoms with E-state index in [-0.39, 0.29) is 18.4 Å². The molecule has 1 aliphatic rings. The Morgan fingerprint density at radius 2 is 2.28 bits per heavy atom. The van der Waals surface area contributed by atoms with Crippen molar-refractivity contribution < 1.29 is 4.79 Å². The first-order chi connectivity index (χ1) is 8.28. The lowest BCUT2D eigenvalue weighted by molar-refractivity contribution is -0.105. The van der Waals surface area contributed by atoms with Crippen molar-refractivity contribution in [3.8, 4) is 0 Å². The van der Waals surface area contributed by atoms with E-state index in [1.165, 1.54) is 16.6 Å². The van der Waals surface area contributed by atoms with Crippen molar-refractivity contribution in [1.82, 2.24) is 4.98 Å². The monoisotopic (exact) mass is 265 g/mol. The first-order valence-electron chi connectivity index (χ1n) is 5.87. The molecule has 5 heteroatoms. The van der Waals surface area contributed by atoms with Gasteiger partial charge in [0.05, 0.1) is 0 Å².